The molecule has 1 aromatic rings. The second-order valence-electron chi connectivity index (χ2n) is 4.93. The van der Waals surface area contributed by atoms with Crippen molar-refractivity contribution < 1.29 is 9.84 Å². The van der Waals surface area contributed by atoms with Gasteiger partial charge in [0.2, 0.25) is 5.75 Å². The van der Waals surface area contributed by atoms with Gasteiger partial charge in [-0.3, -0.25) is 0 Å². The molecule has 0 unspecified atom stereocenters. The lowest BCUT2D eigenvalue weighted by atomic mass is 9.94. The molecule has 1 fully saturated rings. The topological polar surface area (TPSA) is 96.5 Å². The second-order valence-corrected chi connectivity index (χ2v) is 4.93. The number of nitrogens with one attached hydrogen (secondary N) is 1. The quantitative estimate of drug-likeness (QED) is 0.526. The molecule has 1 aliphatic carbocycles. The third-order valence-corrected chi connectivity index (χ3v) is 3.75. The number of anilines is 2. The lowest BCUT2D eigenvalue weighted by molar-refractivity contribution is 0.288. The Balaban J connectivity index is 2.32. The van der Waals surface area contributed by atoms with Crippen LogP contribution in [0.5, 0.6) is 5.75 Å². The van der Waals surface area contributed by atoms with Crippen molar-refractivity contribution in [3.63, 3.8) is 0 Å². The van der Waals surface area contributed by atoms with Crippen molar-refractivity contribution >= 4 is 11.6 Å². The molecule has 0 amide bonds. The maximum Gasteiger partial charge on any atom is 0.205 e. The number of hydrazine groups is 1. The molecule has 1 aliphatic rings. The van der Waals surface area contributed by atoms with Crippen LogP contribution in [0.4, 0.5) is 11.6 Å². The SMILES string of the molecule is COc1c(NN)ncnc1N(CCO)C1CCCCC1. The Morgan fingerprint density at radius 3 is 2.75 bits per heavy atom. The van der Waals surface area contributed by atoms with Crippen LogP contribution in [0.3, 0.4) is 0 Å². The zero-order chi connectivity index (χ0) is 14.4. The van der Waals surface area contributed by atoms with Crippen LogP contribution in [-0.4, -0.2) is 41.4 Å². The molecule has 0 aromatic carbocycles. The van der Waals surface area contributed by atoms with Crippen LogP contribution in [-0.2, 0) is 0 Å². The van der Waals surface area contributed by atoms with Crippen LogP contribution >= 0.6 is 0 Å². The highest BCUT2D eigenvalue weighted by Crippen LogP contribution is 2.35. The molecule has 0 saturated heterocycles. The molecule has 1 heterocycles. The monoisotopic (exact) mass is 281 g/mol. The van der Waals surface area contributed by atoms with Gasteiger partial charge in [0.1, 0.15) is 6.33 Å². The molecule has 20 heavy (non-hydrogen) atoms. The summed E-state index contributed by atoms with van der Waals surface area (Å²) in [5, 5.41) is 9.35. The number of nitrogen functional groups attached to an aromatic ring is 1. The summed E-state index contributed by atoms with van der Waals surface area (Å²) in [4.78, 5) is 10.5. The Hall–Kier alpha value is -1.60. The smallest absolute Gasteiger partial charge is 0.205 e. The highest BCUT2D eigenvalue weighted by molar-refractivity contribution is 5.64. The summed E-state index contributed by atoms with van der Waals surface area (Å²) in [6.45, 7) is 0.608. The lowest BCUT2D eigenvalue weighted by Crippen LogP contribution is -2.39. The summed E-state index contributed by atoms with van der Waals surface area (Å²) >= 11 is 0. The van der Waals surface area contributed by atoms with Gasteiger partial charge in [0.15, 0.2) is 11.6 Å². The predicted molar refractivity (Wildman–Crippen MR) is 77.7 cm³/mol. The van der Waals surface area contributed by atoms with Gasteiger partial charge < -0.3 is 20.2 Å². The van der Waals surface area contributed by atoms with E-state index in [1.54, 1.807) is 7.11 Å². The fraction of sp³-hybridized carbons (Fsp3) is 0.692. The molecular weight excluding hydrogens is 258 g/mol. The molecule has 0 bridgehead atoms. The Morgan fingerprint density at radius 1 is 1.40 bits per heavy atom. The Kier molecular flexibility index (Phi) is 5.37. The number of aliphatic hydroxyl groups excluding tert-OH is 1. The van der Waals surface area contributed by atoms with Crippen molar-refractivity contribution in [3.05, 3.63) is 6.33 Å². The number of nitrogens with zero attached hydrogens (tertiary/aromatic N) is 3. The Labute approximate surface area is 119 Å². The van der Waals surface area contributed by atoms with Gasteiger partial charge in [-0.25, -0.2) is 15.8 Å². The van der Waals surface area contributed by atoms with E-state index < -0.39 is 0 Å². The number of rotatable bonds is 6. The molecule has 7 nitrogen and oxygen atoms in total. The maximum atomic E-state index is 9.35. The summed E-state index contributed by atoms with van der Waals surface area (Å²) < 4.78 is 5.39. The summed E-state index contributed by atoms with van der Waals surface area (Å²) in [6.07, 6.45) is 7.38. The summed E-state index contributed by atoms with van der Waals surface area (Å²) in [5.41, 5.74) is 2.52. The minimum Gasteiger partial charge on any atom is -0.490 e. The molecule has 0 aliphatic heterocycles. The Bertz CT molecular complexity index is 423. The van der Waals surface area contributed by atoms with E-state index in [-0.39, 0.29) is 6.61 Å². The minimum atomic E-state index is 0.0784. The highest BCUT2D eigenvalue weighted by atomic mass is 16.5. The molecule has 0 spiro atoms. The molecule has 0 atom stereocenters. The third kappa shape index (κ3) is 3.10. The standard InChI is InChI=1S/C13H23N5O2/c1-20-11-12(17-14)15-9-16-13(11)18(7-8-19)10-5-3-2-4-6-10/h9-10,19H,2-8,14H2,1H3,(H,15,16,17). The number of hydrogen-bond donors (Lipinski definition) is 3. The van der Waals surface area contributed by atoms with Crippen molar-refractivity contribution in [2.45, 2.75) is 38.1 Å². The first-order valence-electron chi connectivity index (χ1n) is 7.05. The first kappa shape index (κ1) is 14.8. The van der Waals surface area contributed by atoms with E-state index >= 15 is 0 Å². The van der Waals surface area contributed by atoms with Crippen LogP contribution in [0.2, 0.25) is 0 Å². The van der Waals surface area contributed by atoms with Gasteiger partial charge in [-0.2, -0.15) is 0 Å². The zero-order valence-corrected chi connectivity index (χ0v) is 11.9. The zero-order valence-electron chi connectivity index (χ0n) is 11.9. The Morgan fingerprint density at radius 2 is 2.15 bits per heavy atom. The van der Waals surface area contributed by atoms with Gasteiger partial charge in [0.25, 0.3) is 0 Å². The van der Waals surface area contributed by atoms with E-state index in [2.05, 4.69) is 20.3 Å². The number of hydrogen-bond acceptors (Lipinski definition) is 7. The number of ether oxygens (including phenoxy) is 1. The second kappa shape index (κ2) is 7.25. The molecule has 0 radical (unpaired) electrons. The molecule has 112 valence electrons. The van der Waals surface area contributed by atoms with E-state index in [1.807, 2.05) is 0 Å². The van der Waals surface area contributed by atoms with Crippen LogP contribution < -0.4 is 20.9 Å². The highest BCUT2D eigenvalue weighted by Gasteiger charge is 2.26. The largest absolute Gasteiger partial charge is 0.490 e. The van der Waals surface area contributed by atoms with E-state index in [4.69, 9.17) is 10.6 Å². The molecule has 7 heteroatoms. The first-order chi connectivity index (χ1) is 9.81. The van der Waals surface area contributed by atoms with Crippen LogP contribution in [0.15, 0.2) is 6.33 Å². The van der Waals surface area contributed by atoms with Gasteiger partial charge in [0, 0.05) is 12.6 Å². The van der Waals surface area contributed by atoms with E-state index in [9.17, 15) is 5.11 Å². The fourth-order valence-corrected chi connectivity index (χ4v) is 2.82. The lowest BCUT2D eigenvalue weighted by Gasteiger charge is -2.35. The van der Waals surface area contributed by atoms with Crippen LogP contribution in [0, 0.1) is 0 Å². The van der Waals surface area contributed by atoms with Crippen LogP contribution in [0.1, 0.15) is 32.1 Å². The van der Waals surface area contributed by atoms with Crippen molar-refractivity contribution in [2.24, 2.45) is 5.84 Å². The minimum absolute atomic E-state index is 0.0784. The predicted octanol–water partition coefficient (Wildman–Crippen LogP) is 0.902. The first-order valence-corrected chi connectivity index (χ1v) is 7.05. The van der Waals surface area contributed by atoms with Crippen molar-refractivity contribution in [1.29, 1.82) is 0 Å². The van der Waals surface area contributed by atoms with Crippen LogP contribution in [0.25, 0.3) is 0 Å². The third-order valence-electron chi connectivity index (χ3n) is 3.75. The van der Waals surface area contributed by atoms with Gasteiger partial charge in [-0.1, -0.05) is 19.3 Å². The normalized spacial score (nSPS) is 15.9. The molecule has 1 aromatic heterocycles. The van der Waals surface area contributed by atoms with E-state index in [0.717, 1.165) is 12.8 Å². The number of aromatic nitrogens is 2. The van der Waals surface area contributed by atoms with E-state index in [0.29, 0.717) is 30.0 Å². The van der Waals surface area contributed by atoms with Gasteiger partial charge in [-0.15, -0.1) is 0 Å². The van der Waals surface area contributed by atoms with Gasteiger partial charge in [-0.05, 0) is 12.8 Å². The van der Waals surface area contributed by atoms with Gasteiger partial charge >= 0.3 is 0 Å². The maximum absolute atomic E-state index is 9.35. The van der Waals surface area contributed by atoms with Gasteiger partial charge in [0.05, 0.1) is 13.7 Å². The summed E-state index contributed by atoms with van der Waals surface area (Å²) in [5.74, 6) is 7.13. The molecule has 2 rings (SSSR count). The molecule has 1 saturated carbocycles. The fourth-order valence-electron chi connectivity index (χ4n) is 2.82. The summed E-state index contributed by atoms with van der Waals surface area (Å²) in [7, 11) is 1.57. The number of nitrogens with two attached hydrogens (primary N) is 1. The average molecular weight is 281 g/mol. The molecular formula is C13H23N5O2. The van der Waals surface area contributed by atoms with Crippen molar-refractivity contribution in [2.75, 3.05) is 30.6 Å². The van der Waals surface area contributed by atoms with E-state index in [1.165, 1.54) is 25.6 Å². The summed E-state index contributed by atoms with van der Waals surface area (Å²) in [6, 6.07) is 0.380. The number of methoxy groups -OCH3 is 1. The average Bonchev–Trinajstić information content (AvgIpc) is 2.52. The number of aliphatic hydroxyl groups is 1. The van der Waals surface area contributed by atoms with Crippen molar-refractivity contribution in [1.82, 2.24) is 9.97 Å². The molecule has 4 N–H and O–H groups in total. The van der Waals surface area contributed by atoms with Crippen molar-refractivity contribution in [3.8, 4) is 5.75 Å².